The van der Waals surface area contributed by atoms with Crippen LogP contribution in [0.3, 0.4) is 0 Å². The van der Waals surface area contributed by atoms with Crippen LogP contribution in [0.1, 0.15) is 18.0 Å². The second-order valence-electron chi connectivity index (χ2n) is 7.04. The zero-order chi connectivity index (χ0) is 19.0. The van der Waals surface area contributed by atoms with E-state index in [0.29, 0.717) is 25.4 Å². The standard InChI is InChI=1S/C19H20N2O6/c22-16-4-3-14(15-2-1-5-27-15)19-13-6-12(8-21(16)19)7-20(9-13)17(23)10-26-11-18(24)25/h1-5,12-13H,6-11H2,(H,24,25). The van der Waals surface area contributed by atoms with Crippen LogP contribution in [0.2, 0.25) is 0 Å². The van der Waals surface area contributed by atoms with E-state index < -0.39 is 12.6 Å². The lowest BCUT2D eigenvalue weighted by molar-refractivity contribution is -0.146. The molecule has 2 atom stereocenters. The number of aromatic nitrogens is 1. The first-order valence-electron chi connectivity index (χ1n) is 8.88. The molecule has 142 valence electrons. The van der Waals surface area contributed by atoms with Crippen molar-refractivity contribution in [2.45, 2.75) is 18.9 Å². The predicted molar refractivity (Wildman–Crippen MR) is 94.3 cm³/mol. The minimum atomic E-state index is -1.10. The average molecular weight is 372 g/mol. The topological polar surface area (TPSA) is 102 Å². The number of likely N-dealkylation sites (tertiary alicyclic amines) is 1. The molecule has 1 amide bonds. The van der Waals surface area contributed by atoms with Gasteiger partial charge in [0.05, 0.1) is 6.26 Å². The van der Waals surface area contributed by atoms with Crippen molar-refractivity contribution in [1.29, 1.82) is 0 Å². The maximum atomic E-state index is 12.4. The second-order valence-corrected chi connectivity index (χ2v) is 7.04. The van der Waals surface area contributed by atoms with Crippen molar-refractivity contribution in [1.82, 2.24) is 9.47 Å². The Morgan fingerprint density at radius 3 is 2.78 bits per heavy atom. The Balaban J connectivity index is 1.60. The number of fused-ring (bicyclic) bond motifs is 4. The molecule has 4 rings (SSSR count). The van der Waals surface area contributed by atoms with E-state index in [2.05, 4.69) is 0 Å². The quantitative estimate of drug-likeness (QED) is 0.845. The first-order valence-corrected chi connectivity index (χ1v) is 8.88. The third-order valence-corrected chi connectivity index (χ3v) is 5.18. The highest BCUT2D eigenvalue weighted by atomic mass is 16.5. The SMILES string of the molecule is O=C(O)COCC(=O)N1CC2CC(C1)c1c(-c3ccco3)ccc(=O)n1C2. The molecule has 2 aromatic heterocycles. The number of pyridine rings is 1. The molecule has 2 bridgehead atoms. The van der Waals surface area contributed by atoms with Gasteiger partial charge in [-0.3, -0.25) is 9.59 Å². The molecule has 1 saturated heterocycles. The molecule has 0 radical (unpaired) electrons. The van der Waals surface area contributed by atoms with Crippen LogP contribution in [0.15, 0.2) is 39.7 Å². The van der Waals surface area contributed by atoms with Crippen molar-refractivity contribution in [2.75, 3.05) is 26.3 Å². The van der Waals surface area contributed by atoms with Gasteiger partial charge in [-0.1, -0.05) is 0 Å². The molecular formula is C19H20N2O6. The second kappa shape index (κ2) is 7.03. The minimum Gasteiger partial charge on any atom is -0.480 e. The highest BCUT2D eigenvalue weighted by Gasteiger charge is 2.38. The Hall–Kier alpha value is -2.87. The van der Waals surface area contributed by atoms with Gasteiger partial charge >= 0.3 is 5.97 Å². The van der Waals surface area contributed by atoms with Crippen LogP contribution < -0.4 is 5.56 Å². The maximum absolute atomic E-state index is 12.4. The fourth-order valence-electron chi connectivity index (χ4n) is 4.18. The fourth-order valence-corrected chi connectivity index (χ4v) is 4.18. The third-order valence-electron chi connectivity index (χ3n) is 5.18. The molecule has 2 aromatic rings. The molecule has 4 heterocycles. The van der Waals surface area contributed by atoms with Gasteiger partial charge in [-0.05, 0) is 30.5 Å². The summed E-state index contributed by atoms with van der Waals surface area (Å²) in [6.07, 6.45) is 2.50. The summed E-state index contributed by atoms with van der Waals surface area (Å²) >= 11 is 0. The predicted octanol–water partition coefficient (Wildman–Crippen LogP) is 1.16. The average Bonchev–Trinajstić information content (AvgIpc) is 3.16. The minimum absolute atomic E-state index is 0.0231. The molecule has 1 N–H and O–H groups in total. The normalized spacial score (nSPS) is 21.0. The van der Waals surface area contributed by atoms with Crippen molar-refractivity contribution in [2.24, 2.45) is 5.92 Å². The van der Waals surface area contributed by atoms with Crippen LogP contribution in [0.4, 0.5) is 0 Å². The molecule has 1 fully saturated rings. The van der Waals surface area contributed by atoms with Gasteiger partial charge in [0.1, 0.15) is 19.0 Å². The van der Waals surface area contributed by atoms with Crippen LogP contribution in [-0.4, -0.2) is 52.8 Å². The van der Waals surface area contributed by atoms with Crippen LogP contribution in [0.25, 0.3) is 11.3 Å². The molecule has 2 aliphatic rings. The molecule has 8 nitrogen and oxygen atoms in total. The van der Waals surface area contributed by atoms with Crippen molar-refractivity contribution >= 4 is 11.9 Å². The highest BCUT2D eigenvalue weighted by molar-refractivity contribution is 5.78. The Kier molecular flexibility index (Phi) is 4.57. The zero-order valence-corrected chi connectivity index (χ0v) is 14.7. The van der Waals surface area contributed by atoms with Crippen molar-refractivity contribution in [3.8, 4) is 11.3 Å². The van der Waals surface area contributed by atoms with Crippen LogP contribution in [0.5, 0.6) is 0 Å². The highest BCUT2D eigenvalue weighted by Crippen LogP contribution is 2.39. The van der Waals surface area contributed by atoms with E-state index in [9.17, 15) is 14.4 Å². The summed E-state index contributed by atoms with van der Waals surface area (Å²) in [4.78, 5) is 37.1. The number of piperidine rings is 1. The van der Waals surface area contributed by atoms with Gasteiger partial charge in [-0.25, -0.2) is 4.79 Å². The summed E-state index contributed by atoms with van der Waals surface area (Å²) in [6, 6.07) is 7.01. The van der Waals surface area contributed by atoms with Crippen LogP contribution >= 0.6 is 0 Å². The Morgan fingerprint density at radius 1 is 1.19 bits per heavy atom. The van der Waals surface area contributed by atoms with Crippen molar-refractivity contribution < 1.29 is 23.8 Å². The zero-order valence-electron chi connectivity index (χ0n) is 14.7. The summed E-state index contributed by atoms with van der Waals surface area (Å²) in [7, 11) is 0. The molecule has 0 aliphatic carbocycles. The Bertz CT molecular complexity index is 917. The number of ether oxygens (including phenoxy) is 1. The largest absolute Gasteiger partial charge is 0.480 e. The van der Waals surface area contributed by atoms with E-state index >= 15 is 0 Å². The van der Waals surface area contributed by atoms with Gasteiger partial charge in [-0.15, -0.1) is 0 Å². The number of carbonyl (C=O) groups excluding carboxylic acids is 1. The number of hydrogen-bond acceptors (Lipinski definition) is 5. The number of hydrogen-bond donors (Lipinski definition) is 1. The first-order chi connectivity index (χ1) is 13.0. The summed E-state index contributed by atoms with van der Waals surface area (Å²) in [5, 5.41) is 8.63. The van der Waals surface area contributed by atoms with Crippen LogP contribution in [0, 0.1) is 5.92 Å². The van der Waals surface area contributed by atoms with E-state index in [1.807, 2.05) is 6.07 Å². The molecule has 2 unspecified atom stereocenters. The van der Waals surface area contributed by atoms with Gasteiger partial charge < -0.3 is 23.7 Å². The number of aliphatic carboxylic acids is 1. The Morgan fingerprint density at radius 2 is 2.04 bits per heavy atom. The molecular weight excluding hydrogens is 352 g/mol. The fraction of sp³-hybridized carbons (Fsp3) is 0.421. The number of furan rings is 1. The third kappa shape index (κ3) is 3.40. The lowest BCUT2D eigenvalue weighted by atomic mass is 9.81. The smallest absolute Gasteiger partial charge is 0.329 e. The van der Waals surface area contributed by atoms with E-state index in [1.165, 1.54) is 0 Å². The monoisotopic (exact) mass is 372 g/mol. The van der Waals surface area contributed by atoms with Gasteiger partial charge in [0.15, 0.2) is 0 Å². The lowest BCUT2D eigenvalue weighted by Gasteiger charge is -2.43. The summed E-state index contributed by atoms with van der Waals surface area (Å²) in [5.74, 6) is -0.420. The maximum Gasteiger partial charge on any atom is 0.329 e. The van der Waals surface area contributed by atoms with Crippen LogP contribution in [-0.2, 0) is 20.9 Å². The van der Waals surface area contributed by atoms with E-state index in [4.69, 9.17) is 14.3 Å². The molecule has 27 heavy (non-hydrogen) atoms. The number of carboxylic acid groups (broad SMARTS) is 1. The number of carbonyl (C=O) groups is 2. The van der Waals surface area contributed by atoms with Gasteiger partial charge in [0.25, 0.3) is 5.56 Å². The Labute approximate surface area is 155 Å². The summed E-state index contributed by atoms with van der Waals surface area (Å²) in [6.45, 7) is 0.830. The lowest BCUT2D eigenvalue weighted by Crippen LogP contribution is -2.50. The molecule has 2 aliphatic heterocycles. The summed E-state index contributed by atoms with van der Waals surface area (Å²) < 4.78 is 12.3. The number of nitrogens with zero attached hydrogens (tertiary/aromatic N) is 2. The molecule has 8 heteroatoms. The number of amides is 1. The molecule has 0 spiro atoms. The summed E-state index contributed by atoms with van der Waals surface area (Å²) in [5.41, 5.74) is 1.73. The first kappa shape index (κ1) is 17.5. The van der Waals surface area contributed by atoms with Gasteiger partial charge in [-0.2, -0.15) is 0 Å². The van der Waals surface area contributed by atoms with Gasteiger partial charge in [0, 0.05) is 42.9 Å². The van der Waals surface area contributed by atoms with E-state index in [-0.39, 0.29) is 29.9 Å². The molecule has 0 aromatic carbocycles. The van der Waals surface area contributed by atoms with Crippen molar-refractivity contribution in [3.63, 3.8) is 0 Å². The van der Waals surface area contributed by atoms with E-state index in [1.54, 1.807) is 33.9 Å². The van der Waals surface area contributed by atoms with Crippen molar-refractivity contribution in [3.05, 3.63) is 46.6 Å². The van der Waals surface area contributed by atoms with E-state index in [0.717, 1.165) is 17.7 Å². The van der Waals surface area contributed by atoms with Gasteiger partial charge in [0.2, 0.25) is 5.91 Å². The molecule has 0 saturated carbocycles. The number of rotatable bonds is 5. The number of carboxylic acids is 1.